The van der Waals surface area contributed by atoms with Crippen molar-refractivity contribution in [2.75, 3.05) is 25.4 Å². The molecule has 0 spiro atoms. The van der Waals surface area contributed by atoms with Gasteiger partial charge in [-0.05, 0) is 12.5 Å². The van der Waals surface area contributed by atoms with Crippen LogP contribution in [0.5, 0.6) is 0 Å². The molecule has 0 saturated carbocycles. The van der Waals surface area contributed by atoms with Gasteiger partial charge in [-0.25, -0.2) is 0 Å². The van der Waals surface area contributed by atoms with E-state index in [1.54, 1.807) is 0 Å². The van der Waals surface area contributed by atoms with E-state index in [1.165, 1.54) is 23.4 Å². The van der Waals surface area contributed by atoms with Gasteiger partial charge in [0.2, 0.25) is 0 Å². The van der Waals surface area contributed by atoms with Gasteiger partial charge in [-0.1, -0.05) is 29.8 Å². The average Bonchev–Trinajstić information content (AvgIpc) is 2.32. The van der Waals surface area contributed by atoms with Crippen molar-refractivity contribution in [1.82, 2.24) is 4.90 Å². The van der Waals surface area contributed by atoms with E-state index < -0.39 is 0 Å². The van der Waals surface area contributed by atoms with Crippen LogP contribution in [0.1, 0.15) is 11.1 Å². The molecule has 16 heavy (non-hydrogen) atoms. The third-order valence-electron chi connectivity index (χ3n) is 3.01. The number of rotatable bonds is 3. The number of benzene rings is 1. The van der Waals surface area contributed by atoms with Gasteiger partial charge in [-0.2, -0.15) is 11.8 Å². The van der Waals surface area contributed by atoms with Crippen LogP contribution in [0.2, 0.25) is 0 Å². The van der Waals surface area contributed by atoms with Crippen molar-refractivity contribution in [3.05, 3.63) is 35.4 Å². The molecule has 2 nitrogen and oxygen atoms in total. The van der Waals surface area contributed by atoms with Crippen LogP contribution in [0, 0.1) is 6.92 Å². The lowest BCUT2D eigenvalue weighted by Gasteiger charge is -2.31. The lowest BCUT2D eigenvalue weighted by atomic mass is 10.1. The Morgan fingerprint density at radius 1 is 1.38 bits per heavy atom. The molecule has 2 rings (SSSR count). The van der Waals surface area contributed by atoms with Gasteiger partial charge < -0.3 is 5.73 Å². The minimum Gasteiger partial charge on any atom is -0.329 e. The largest absolute Gasteiger partial charge is 0.329 e. The Hall–Kier alpha value is -0.510. The molecule has 1 saturated heterocycles. The zero-order valence-electron chi connectivity index (χ0n) is 9.86. The van der Waals surface area contributed by atoms with Crippen LogP contribution in [0.25, 0.3) is 0 Å². The molecule has 1 fully saturated rings. The zero-order valence-corrected chi connectivity index (χ0v) is 10.7. The van der Waals surface area contributed by atoms with Gasteiger partial charge in [0.1, 0.15) is 0 Å². The van der Waals surface area contributed by atoms with Crippen LogP contribution < -0.4 is 5.73 Å². The molecular weight excluding hydrogens is 216 g/mol. The molecule has 0 aromatic heterocycles. The van der Waals surface area contributed by atoms with E-state index in [-0.39, 0.29) is 0 Å². The van der Waals surface area contributed by atoms with E-state index in [1.807, 2.05) is 11.8 Å². The van der Waals surface area contributed by atoms with E-state index in [9.17, 15) is 0 Å². The number of hydrogen-bond donors (Lipinski definition) is 1. The highest BCUT2D eigenvalue weighted by atomic mass is 32.2. The van der Waals surface area contributed by atoms with Gasteiger partial charge in [-0.15, -0.1) is 0 Å². The molecule has 0 amide bonds. The molecule has 1 aromatic carbocycles. The second-order valence-corrected chi connectivity index (χ2v) is 5.86. The van der Waals surface area contributed by atoms with E-state index >= 15 is 0 Å². The maximum Gasteiger partial charge on any atom is 0.0298 e. The molecule has 2 N–H and O–H groups in total. The maximum absolute atomic E-state index is 5.73. The quantitative estimate of drug-likeness (QED) is 0.869. The van der Waals surface area contributed by atoms with Gasteiger partial charge in [0.05, 0.1) is 0 Å². The van der Waals surface area contributed by atoms with Crippen molar-refractivity contribution in [2.45, 2.75) is 18.7 Å². The Labute approximate surface area is 102 Å². The van der Waals surface area contributed by atoms with Crippen molar-refractivity contribution in [3.63, 3.8) is 0 Å². The van der Waals surface area contributed by atoms with E-state index in [2.05, 4.69) is 36.1 Å². The first-order valence-corrected chi connectivity index (χ1v) is 6.92. The minimum atomic E-state index is 0.624. The van der Waals surface area contributed by atoms with E-state index in [4.69, 9.17) is 5.73 Å². The zero-order chi connectivity index (χ0) is 11.4. The average molecular weight is 236 g/mol. The van der Waals surface area contributed by atoms with E-state index in [0.717, 1.165) is 19.6 Å². The molecule has 1 aromatic rings. The van der Waals surface area contributed by atoms with Crippen LogP contribution in [0.4, 0.5) is 0 Å². The third-order valence-corrected chi connectivity index (χ3v) is 4.24. The SMILES string of the molecule is Cc1ccc(CN2CCSC(CN)C2)cc1. The fourth-order valence-corrected chi connectivity index (χ4v) is 3.17. The number of aryl methyl sites for hydroxylation is 1. The molecular formula is C13H20N2S. The second-order valence-electron chi connectivity index (χ2n) is 4.45. The molecule has 0 radical (unpaired) electrons. The number of nitrogens with two attached hydrogens (primary N) is 1. The molecule has 1 heterocycles. The number of thioether (sulfide) groups is 1. The van der Waals surface area contributed by atoms with Crippen LogP contribution in [-0.4, -0.2) is 35.5 Å². The van der Waals surface area contributed by atoms with Crippen LogP contribution in [0.3, 0.4) is 0 Å². The highest BCUT2D eigenvalue weighted by Gasteiger charge is 2.18. The monoisotopic (exact) mass is 236 g/mol. The first-order valence-electron chi connectivity index (χ1n) is 5.87. The number of nitrogens with zero attached hydrogens (tertiary/aromatic N) is 1. The Kier molecular flexibility index (Phi) is 4.27. The summed E-state index contributed by atoms with van der Waals surface area (Å²) < 4.78 is 0. The minimum absolute atomic E-state index is 0.624. The van der Waals surface area contributed by atoms with Gasteiger partial charge in [-0.3, -0.25) is 4.90 Å². The van der Waals surface area contributed by atoms with Gasteiger partial charge in [0.15, 0.2) is 0 Å². The van der Waals surface area contributed by atoms with Gasteiger partial charge >= 0.3 is 0 Å². The Bertz CT molecular complexity index is 323. The highest BCUT2D eigenvalue weighted by Crippen LogP contribution is 2.19. The summed E-state index contributed by atoms with van der Waals surface area (Å²) in [5, 5.41) is 0.624. The van der Waals surface area contributed by atoms with Gasteiger partial charge in [0, 0.05) is 37.2 Å². The molecule has 1 unspecified atom stereocenters. The second kappa shape index (κ2) is 5.71. The Balaban J connectivity index is 1.91. The molecule has 0 bridgehead atoms. The molecule has 3 heteroatoms. The summed E-state index contributed by atoms with van der Waals surface area (Å²) in [6.07, 6.45) is 0. The van der Waals surface area contributed by atoms with Crippen LogP contribution in [0.15, 0.2) is 24.3 Å². The summed E-state index contributed by atoms with van der Waals surface area (Å²) in [7, 11) is 0. The normalized spacial score (nSPS) is 22.2. The van der Waals surface area contributed by atoms with Crippen molar-refractivity contribution in [1.29, 1.82) is 0 Å². The predicted octanol–water partition coefficient (Wildman–Crippen LogP) is 1.87. The first kappa shape index (κ1) is 12.0. The molecule has 1 aliphatic rings. The molecule has 1 atom stereocenters. The van der Waals surface area contributed by atoms with Gasteiger partial charge in [0.25, 0.3) is 0 Å². The standard InChI is InChI=1S/C13H20N2S/c1-11-2-4-12(5-3-11)9-15-6-7-16-13(8-14)10-15/h2-5,13H,6-10,14H2,1H3. The topological polar surface area (TPSA) is 29.3 Å². The van der Waals surface area contributed by atoms with Crippen molar-refractivity contribution in [3.8, 4) is 0 Å². The first-order chi connectivity index (χ1) is 7.78. The summed E-state index contributed by atoms with van der Waals surface area (Å²) in [4.78, 5) is 2.51. The lowest BCUT2D eigenvalue weighted by Crippen LogP contribution is -2.40. The summed E-state index contributed by atoms with van der Waals surface area (Å²) in [5.41, 5.74) is 8.47. The fraction of sp³-hybridized carbons (Fsp3) is 0.538. The van der Waals surface area contributed by atoms with Crippen LogP contribution in [-0.2, 0) is 6.54 Å². The molecule has 88 valence electrons. The number of hydrogen-bond acceptors (Lipinski definition) is 3. The van der Waals surface area contributed by atoms with Crippen LogP contribution >= 0.6 is 11.8 Å². The molecule has 0 aliphatic carbocycles. The van der Waals surface area contributed by atoms with E-state index in [0.29, 0.717) is 5.25 Å². The lowest BCUT2D eigenvalue weighted by molar-refractivity contribution is 0.276. The Morgan fingerprint density at radius 2 is 2.12 bits per heavy atom. The highest BCUT2D eigenvalue weighted by molar-refractivity contribution is 8.00. The fourth-order valence-electron chi connectivity index (χ4n) is 2.02. The van der Waals surface area contributed by atoms with Crippen molar-refractivity contribution in [2.24, 2.45) is 5.73 Å². The maximum atomic E-state index is 5.73. The van der Waals surface area contributed by atoms with Crippen molar-refractivity contribution >= 4 is 11.8 Å². The van der Waals surface area contributed by atoms with Crippen molar-refractivity contribution < 1.29 is 0 Å². The Morgan fingerprint density at radius 3 is 2.81 bits per heavy atom. The summed E-state index contributed by atoms with van der Waals surface area (Å²) in [6, 6.07) is 8.84. The third kappa shape index (κ3) is 3.24. The molecule has 1 aliphatic heterocycles. The summed E-state index contributed by atoms with van der Waals surface area (Å²) in [6.45, 7) is 6.32. The predicted molar refractivity (Wildman–Crippen MR) is 71.8 cm³/mol. The summed E-state index contributed by atoms with van der Waals surface area (Å²) >= 11 is 2.01. The smallest absolute Gasteiger partial charge is 0.0298 e. The summed E-state index contributed by atoms with van der Waals surface area (Å²) in [5.74, 6) is 1.22.